The summed E-state index contributed by atoms with van der Waals surface area (Å²) in [5, 5.41) is 1.30. The Morgan fingerprint density at radius 2 is 2.27 bits per heavy atom. The molecule has 0 saturated carbocycles. The van der Waals surface area contributed by atoms with Gasteiger partial charge in [-0.2, -0.15) is 0 Å². The van der Waals surface area contributed by atoms with Crippen molar-refractivity contribution >= 4 is 27.4 Å². The third kappa shape index (κ3) is 2.37. The monoisotopic (exact) mass is 313 g/mol. The smallest absolute Gasteiger partial charge is 0.140 e. The molecule has 0 aliphatic heterocycles. The maximum Gasteiger partial charge on any atom is 0.140 e. The topological polar surface area (TPSA) is 46.8 Å². The Balaban J connectivity index is 1.55. The highest BCUT2D eigenvalue weighted by Gasteiger charge is 2.22. The number of thiophene rings is 1. The van der Waals surface area contributed by atoms with Crippen LogP contribution in [0.2, 0.25) is 0 Å². The van der Waals surface area contributed by atoms with Crippen molar-refractivity contribution in [3.63, 3.8) is 0 Å². The number of aryl methyl sites for hydroxylation is 3. The van der Waals surface area contributed by atoms with Crippen molar-refractivity contribution in [1.29, 1.82) is 0 Å². The molecule has 3 heterocycles. The summed E-state index contributed by atoms with van der Waals surface area (Å²) in [6.07, 6.45) is 12.1. The van der Waals surface area contributed by atoms with E-state index in [0.29, 0.717) is 0 Å². The number of hydrogen-bond acceptors (Lipinski definition) is 5. The van der Waals surface area contributed by atoms with Gasteiger partial charge in [-0.25, -0.2) is 15.0 Å². The van der Waals surface area contributed by atoms with E-state index in [1.807, 2.05) is 30.1 Å². The number of imidazole rings is 1. The average Bonchev–Trinajstić information content (AvgIpc) is 3.23. The summed E-state index contributed by atoms with van der Waals surface area (Å²) in [4.78, 5) is 18.1. The van der Waals surface area contributed by atoms with Crippen molar-refractivity contribution in [2.45, 2.75) is 32.2 Å². The number of nitrogens with zero attached hydrogens (tertiary/aromatic N) is 5. The van der Waals surface area contributed by atoms with Crippen LogP contribution in [0.25, 0.3) is 10.2 Å². The van der Waals surface area contributed by atoms with Crippen LogP contribution in [0.1, 0.15) is 23.3 Å². The van der Waals surface area contributed by atoms with E-state index < -0.39 is 0 Å². The molecule has 5 nitrogen and oxygen atoms in total. The first kappa shape index (κ1) is 13.7. The second-order valence-electron chi connectivity index (χ2n) is 5.81. The third-order valence-electron chi connectivity index (χ3n) is 4.31. The molecular weight excluding hydrogens is 294 g/mol. The lowest BCUT2D eigenvalue weighted by Gasteiger charge is -2.19. The molecule has 4 rings (SSSR count). The molecule has 0 radical (unpaired) electrons. The third-order valence-corrected chi connectivity index (χ3v) is 5.51. The van der Waals surface area contributed by atoms with Crippen molar-refractivity contribution in [2.75, 3.05) is 18.5 Å². The summed E-state index contributed by atoms with van der Waals surface area (Å²) in [7, 11) is 2.13. The van der Waals surface area contributed by atoms with Gasteiger partial charge in [0.25, 0.3) is 0 Å². The Hall–Kier alpha value is -1.95. The fourth-order valence-electron chi connectivity index (χ4n) is 3.22. The van der Waals surface area contributed by atoms with E-state index in [1.54, 1.807) is 6.33 Å². The van der Waals surface area contributed by atoms with Crippen LogP contribution in [0, 0.1) is 0 Å². The molecule has 1 aliphatic rings. The molecule has 0 bridgehead atoms. The van der Waals surface area contributed by atoms with Gasteiger partial charge < -0.3 is 9.47 Å². The number of hydrogen-bond donors (Lipinski definition) is 0. The van der Waals surface area contributed by atoms with Crippen LogP contribution in [0.15, 0.2) is 25.0 Å². The number of fused-ring (bicyclic) bond motifs is 3. The van der Waals surface area contributed by atoms with E-state index >= 15 is 0 Å². The molecule has 3 aromatic heterocycles. The van der Waals surface area contributed by atoms with E-state index in [1.165, 1.54) is 35.1 Å². The molecule has 22 heavy (non-hydrogen) atoms. The standard InChI is InChI=1S/C16H19N5S/c1-20(7-3-8-21-9-6-17-11-21)15-14-12-4-2-5-13(12)22-16(14)19-10-18-15/h6,9-11H,2-5,7-8H2,1H3. The minimum absolute atomic E-state index is 0.981. The van der Waals surface area contributed by atoms with Gasteiger partial charge in [0, 0.05) is 37.4 Å². The lowest BCUT2D eigenvalue weighted by Crippen LogP contribution is -2.21. The van der Waals surface area contributed by atoms with Crippen LogP contribution >= 0.6 is 11.3 Å². The fraction of sp³-hybridized carbons (Fsp3) is 0.438. The zero-order valence-electron chi connectivity index (χ0n) is 12.7. The molecule has 6 heteroatoms. The SMILES string of the molecule is CN(CCCn1ccnc1)c1ncnc2sc3c(c12)CCC3. The van der Waals surface area contributed by atoms with Crippen LogP contribution < -0.4 is 4.90 Å². The minimum Gasteiger partial charge on any atom is -0.359 e. The zero-order valence-corrected chi connectivity index (χ0v) is 13.5. The van der Waals surface area contributed by atoms with Crippen LogP contribution in [-0.4, -0.2) is 33.1 Å². The Bertz CT molecular complexity index is 777. The molecule has 0 fully saturated rings. The number of anilines is 1. The van der Waals surface area contributed by atoms with Crippen LogP contribution in [0.3, 0.4) is 0 Å². The Kier molecular flexibility index (Phi) is 3.54. The van der Waals surface area contributed by atoms with Gasteiger partial charge in [-0.3, -0.25) is 0 Å². The molecule has 1 aliphatic carbocycles. The van der Waals surface area contributed by atoms with E-state index in [2.05, 4.69) is 31.5 Å². The summed E-state index contributed by atoms with van der Waals surface area (Å²) in [5.41, 5.74) is 1.50. The quantitative estimate of drug-likeness (QED) is 0.726. The van der Waals surface area contributed by atoms with Crippen molar-refractivity contribution < 1.29 is 0 Å². The summed E-state index contributed by atoms with van der Waals surface area (Å²) < 4.78 is 2.12. The van der Waals surface area contributed by atoms with Gasteiger partial charge in [-0.05, 0) is 31.2 Å². The van der Waals surface area contributed by atoms with E-state index in [0.717, 1.165) is 30.2 Å². The maximum atomic E-state index is 4.57. The molecule has 0 amide bonds. The molecule has 0 spiro atoms. The first-order valence-electron chi connectivity index (χ1n) is 7.75. The van der Waals surface area contributed by atoms with Gasteiger partial charge in [0.1, 0.15) is 17.0 Å². The molecule has 3 aromatic rings. The lowest BCUT2D eigenvalue weighted by molar-refractivity contribution is 0.636. The van der Waals surface area contributed by atoms with Crippen molar-refractivity contribution in [2.24, 2.45) is 0 Å². The largest absolute Gasteiger partial charge is 0.359 e. The average molecular weight is 313 g/mol. The molecule has 114 valence electrons. The molecule has 0 atom stereocenters. The second kappa shape index (κ2) is 5.68. The van der Waals surface area contributed by atoms with Gasteiger partial charge >= 0.3 is 0 Å². The van der Waals surface area contributed by atoms with Gasteiger partial charge in [0.15, 0.2) is 0 Å². The zero-order chi connectivity index (χ0) is 14.9. The van der Waals surface area contributed by atoms with Crippen LogP contribution in [0.4, 0.5) is 5.82 Å². The maximum absolute atomic E-state index is 4.57. The van der Waals surface area contributed by atoms with E-state index in [4.69, 9.17) is 0 Å². The van der Waals surface area contributed by atoms with E-state index in [9.17, 15) is 0 Å². The number of rotatable bonds is 5. The summed E-state index contributed by atoms with van der Waals surface area (Å²) in [6, 6.07) is 0. The molecular formula is C16H19N5S. The normalized spacial score (nSPS) is 13.7. The molecule has 0 N–H and O–H groups in total. The lowest BCUT2D eigenvalue weighted by atomic mass is 10.2. The minimum atomic E-state index is 0.981. The predicted octanol–water partition coefficient (Wildman–Crippen LogP) is 2.90. The van der Waals surface area contributed by atoms with Crippen LogP contribution in [-0.2, 0) is 19.4 Å². The summed E-state index contributed by atoms with van der Waals surface area (Å²) in [5.74, 6) is 1.09. The van der Waals surface area contributed by atoms with Crippen LogP contribution in [0.5, 0.6) is 0 Å². The highest BCUT2D eigenvalue weighted by Crippen LogP contribution is 2.39. The van der Waals surface area contributed by atoms with Gasteiger partial charge in [0.2, 0.25) is 0 Å². The van der Waals surface area contributed by atoms with Crippen molar-refractivity contribution in [3.8, 4) is 0 Å². The van der Waals surface area contributed by atoms with Crippen molar-refractivity contribution in [1.82, 2.24) is 19.5 Å². The molecule has 0 saturated heterocycles. The fourth-order valence-corrected chi connectivity index (χ4v) is 4.44. The highest BCUT2D eigenvalue weighted by atomic mass is 32.1. The van der Waals surface area contributed by atoms with Gasteiger partial charge in [0.05, 0.1) is 11.7 Å². The van der Waals surface area contributed by atoms with Gasteiger partial charge in [-0.1, -0.05) is 0 Å². The Morgan fingerprint density at radius 3 is 3.14 bits per heavy atom. The second-order valence-corrected chi connectivity index (χ2v) is 6.89. The first-order chi connectivity index (χ1) is 10.8. The first-order valence-corrected chi connectivity index (χ1v) is 8.56. The summed E-state index contributed by atoms with van der Waals surface area (Å²) in [6.45, 7) is 1.97. The van der Waals surface area contributed by atoms with E-state index in [-0.39, 0.29) is 0 Å². The number of aromatic nitrogens is 4. The predicted molar refractivity (Wildman–Crippen MR) is 89.6 cm³/mol. The molecule has 0 unspecified atom stereocenters. The Labute approximate surface area is 133 Å². The Morgan fingerprint density at radius 1 is 1.32 bits per heavy atom. The summed E-state index contributed by atoms with van der Waals surface area (Å²) >= 11 is 1.85. The molecule has 0 aromatic carbocycles. The van der Waals surface area contributed by atoms with Gasteiger partial charge in [-0.15, -0.1) is 11.3 Å². The highest BCUT2D eigenvalue weighted by molar-refractivity contribution is 7.19. The van der Waals surface area contributed by atoms with Crippen molar-refractivity contribution in [3.05, 3.63) is 35.5 Å².